The highest BCUT2D eigenvalue weighted by Gasteiger charge is 2.29. The molecule has 1 aromatic heterocycles. The molecule has 0 unspecified atom stereocenters. The zero-order valence-corrected chi connectivity index (χ0v) is 18.7. The number of benzene rings is 2. The number of hydrogen-bond acceptors (Lipinski definition) is 4. The van der Waals surface area contributed by atoms with Gasteiger partial charge in [0, 0.05) is 37.0 Å². The Bertz CT molecular complexity index is 1190. The molecular weight excluding hydrogens is 424 g/mol. The Labute approximate surface area is 188 Å². The van der Waals surface area contributed by atoms with Gasteiger partial charge in [-0.15, -0.1) is 0 Å². The highest BCUT2D eigenvalue weighted by molar-refractivity contribution is 7.89. The van der Waals surface area contributed by atoms with E-state index in [4.69, 9.17) is 0 Å². The minimum Gasteiger partial charge on any atom is -0.350 e. The average Bonchev–Trinajstić information content (AvgIpc) is 3.28. The Morgan fingerprint density at radius 1 is 1.06 bits per heavy atom. The first-order valence-corrected chi connectivity index (χ1v) is 12.0. The van der Waals surface area contributed by atoms with Crippen LogP contribution < -0.4 is 5.32 Å². The van der Waals surface area contributed by atoms with Crippen molar-refractivity contribution in [1.29, 1.82) is 0 Å². The maximum Gasteiger partial charge on any atom is 0.244 e. The molecule has 8 heteroatoms. The van der Waals surface area contributed by atoms with Crippen molar-refractivity contribution >= 4 is 22.0 Å². The summed E-state index contributed by atoms with van der Waals surface area (Å²) in [7, 11) is -3.50. The van der Waals surface area contributed by atoms with Gasteiger partial charge < -0.3 is 5.32 Å². The van der Waals surface area contributed by atoms with Crippen LogP contribution in [0.15, 0.2) is 78.0 Å². The van der Waals surface area contributed by atoms with E-state index in [1.165, 1.54) is 10.4 Å². The van der Waals surface area contributed by atoms with Crippen molar-refractivity contribution in [2.24, 2.45) is 0 Å². The van der Waals surface area contributed by atoms with Gasteiger partial charge >= 0.3 is 0 Å². The monoisotopic (exact) mass is 450 g/mol. The minimum atomic E-state index is -3.50. The van der Waals surface area contributed by atoms with Crippen molar-refractivity contribution in [2.45, 2.75) is 30.7 Å². The molecule has 2 aromatic carbocycles. The molecular formula is C24H26N4O3S. The zero-order valence-electron chi connectivity index (χ0n) is 17.9. The molecule has 0 aliphatic carbocycles. The van der Waals surface area contributed by atoms with Crippen molar-refractivity contribution in [3.8, 4) is 5.69 Å². The molecule has 1 amide bonds. The van der Waals surface area contributed by atoms with E-state index in [1.807, 2.05) is 43.5 Å². The molecule has 166 valence electrons. The molecule has 2 heterocycles. The second-order valence-electron chi connectivity index (χ2n) is 7.89. The standard InChI is InChI=1S/C24H26N4O3S/c1-19-7-10-23(11-8-19)32(30,31)27-15-13-21(14-16-27)26-24(29)12-9-20-17-25-28(18-20)22-5-3-2-4-6-22/h2-12,17-18,21H,13-16H2,1H3,(H,26,29)/b12-9+. The normalized spacial score (nSPS) is 15.8. The summed E-state index contributed by atoms with van der Waals surface area (Å²) in [5.41, 5.74) is 2.79. The third-order valence-corrected chi connectivity index (χ3v) is 7.42. The molecule has 0 bridgehead atoms. The summed E-state index contributed by atoms with van der Waals surface area (Å²) in [5.74, 6) is -0.197. The number of aryl methyl sites for hydroxylation is 1. The van der Waals surface area contributed by atoms with E-state index in [2.05, 4.69) is 10.4 Å². The SMILES string of the molecule is Cc1ccc(S(=O)(=O)N2CCC(NC(=O)/C=C/c3cnn(-c4ccccc4)c3)CC2)cc1. The van der Waals surface area contributed by atoms with Gasteiger partial charge in [0.1, 0.15) is 0 Å². The van der Waals surface area contributed by atoms with Crippen LogP contribution in [0.5, 0.6) is 0 Å². The minimum absolute atomic E-state index is 0.0522. The third kappa shape index (κ3) is 5.15. The van der Waals surface area contributed by atoms with E-state index >= 15 is 0 Å². The first-order chi connectivity index (χ1) is 15.4. The molecule has 1 saturated heterocycles. The predicted molar refractivity (Wildman–Crippen MR) is 124 cm³/mol. The Morgan fingerprint density at radius 3 is 2.44 bits per heavy atom. The van der Waals surface area contributed by atoms with Gasteiger partial charge in [0.15, 0.2) is 0 Å². The van der Waals surface area contributed by atoms with Crippen molar-refractivity contribution in [1.82, 2.24) is 19.4 Å². The lowest BCUT2D eigenvalue weighted by Gasteiger charge is -2.31. The molecule has 1 aliphatic heterocycles. The van der Waals surface area contributed by atoms with Gasteiger partial charge in [0.05, 0.1) is 16.8 Å². The van der Waals surface area contributed by atoms with Crippen molar-refractivity contribution in [3.05, 3.63) is 84.2 Å². The van der Waals surface area contributed by atoms with Crippen LogP contribution in [0, 0.1) is 6.92 Å². The van der Waals surface area contributed by atoms with E-state index in [-0.39, 0.29) is 11.9 Å². The molecule has 32 heavy (non-hydrogen) atoms. The highest BCUT2D eigenvalue weighted by Crippen LogP contribution is 2.21. The first-order valence-electron chi connectivity index (χ1n) is 10.6. The lowest BCUT2D eigenvalue weighted by molar-refractivity contribution is -0.117. The van der Waals surface area contributed by atoms with Crippen LogP contribution >= 0.6 is 0 Å². The zero-order chi connectivity index (χ0) is 22.6. The lowest BCUT2D eigenvalue weighted by Crippen LogP contribution is -2.46. The summed E-state index contributed by atoms with van der Waals surface area (Å²) in [6.07, 6.45) is 7.92. The van der Waals surface area contributed by atoms with Gasteiger partial charge in [-0.05, 0) is 50.1 Å². The van der Waals surface area contributed by atoms with E-state index in [0.717, 1.165) is 16.8 Å². The Balaban J connectivity index is 1.29. The van der Waals surface area contributed by atoms with Gasteiger partial charge in [0.2, 0.25) is 15.9 Å². The first kappa shape index (κ1) is 22.0. The molecule has 3 aromatic rings. The van der Waals surface area contributed by atoms with Gasteiger partial charge in [-0.3, -0.25) is 4.79 Å². The molecule has 0 atom stereocenters. The summed E-state index contributed by atoms with van der Waals surface area (Å²) in [4.78, 5) is 12.6. The quantitative estimate of drug-likeness (QED) is 0.585. The van der Waals surface area contributed by atoms with E-state index in [9.17, 15) is 13.2 Å². The average molecular weight is 451 g/mol. The topological polar surface area (TPSA) is 84.3 Å². The molecule has 7 nitrogen and oxygen atoms in total. The number of aromatic nitrogens is 2. The van der Waals surface area contributed by atoms with Gasteiger partial charge in [-0.1, -0.05) is 35.9 Å². The summed E-state index contributed by atoms with van der Waals surface area (Å²) >= 11 is 0. The third-order valence-electron chi connectivity index (χ3n) is 5.51. The number of sulfonamides is 1. The fourth-order valence-electron chi connectivity index (χ4n) is 3.67. The van der Waals surface area contributed by atoms with Gasteiger partial charge in [-0.2, -0.15) is 9.40 Å². The smallest absolute Gasteiger partial charge is 0.244 e. The number of para-hydroxylation sites is 1. The summed E-state index contributed by atoms with van der Waals surface area (Å²) < 4.78 is 28.9. The number of rotatable bonds is 6. The molecule has 1 fully saturated rings. The maximum atomic E-state index is 12.8. The molecule has 0 saturated carbocycles. The van der Waals surface area contributed by atoms with Crippen molar-refractivity contribution < 1.29 is 13.2 Å². The maximum absolute atomic E-state index is 12.8. The Hall–Kier alpha value is -3.23. The Morgan fingerprint density at radius 2 is 1.75 bits per heavy atom. The van der Waals surface area contributed by atoms with Crippen LogP contribution in [0.25, 0.3) is 11.8 Å². The summed E-state index contributed by atoms with van der Waals surface area (Å²) in [5, 5.41) is 7.28. The summed E-state index contributed by atoms with van der Waals surface area (Å²) in [6.45, 7) is 2.69. The largest absolute Gasteiger partial charge is 0.350 e. The number of carbonyl (C=O) groups is 1. The van der Waals surface area contributed by atoms with Gasteiger partial charge in [0.25, 0.3) is 0 Å². The number of nitrogens with one attached hydrogen (secondary N) is 1. The van der Waals surface area contributed by atoms with Gasteiger partial charge in [-0.25, -0.2) is 13.1 Å². The van der Waals surface area contributed by atoms with Crippen LogP contribution in [0.4, 0.5) is 0 Å². The number of carbonyl (C=O) groups excluding carboxylic acids is 1. The van der Waals surface area contributed by atoms with Crippen LogP contribution in [0.1, 0.15) is 24.0 Å². The van der Waals surface area contributed by atoms with Crippen LogP contribution in [0.2, 0.25) is 0 Å². The highest BCUT2D eigenvalue weighted by atomic mass is 32.2. The van der Waals surface area contributed by atoms with E-state index < -0.39 is 10.0 Å². The summed E-state index contributed by atoms with van der Waals surface area (Å²) in [6, 6.07) is 16.6. The fraction of sp³-hybridized carbons (Fsp3) is 0.250. The van der Waals surface area contributed by atoms with Crippen LogP contribution in [-0.4, -0.2) is 47.5 Å². The second-order valence-corrected chi connectivity index (χ2v) is 9.83. The number of amides is 1. The molecule has 4 rings (SSSR count). The number of nitrogens with zero attached hydrogens (tertiary/aromatic N) is 3. The fourth-order valence-corrected chi connectivity index (χ4v) is 5.14. The predicted octanol–water partition coefficient (Wildman–Crippen LogP) is 3.16. The van der Waals surface area contributed by atoms with Crippen LogP contribution in [0.3, 0.4) is 0 Å². The number of piperidine rings is 1. The second kappa shape index (κ2) is 9.50. The van der Waals surface area contributed by atoms with E-state index in [1.54, 1.807) is 41.2 Å². The van der Waals surface area contributed by atoms with Crippen molar-refractivity contribution in [3.63, 3.8) is 0 Å². The molecule has 1 N–H and O–H groups in total. The lowest BCUT2D eigenvalue weighted by atomic mass is 10.1. The Kier molecular flexibility index (Phi) is 6.53. The molecule has 0 spiro atoms. The molecule has 1 aliphatic rings. The molecule has 0 radical (unpaired) electrons. The van der Waals surface area contributed by atoms with Crippen molar-refractivity contribution in [2.75, 3.05) is 13.1 Å². The number of hydrogen-bond donors (Lipinski definition) is 1. The van der Waals surface area contributed by atoms with Crippen LogP contribution in [-0.2, 0) is 14.8 Å². The van der Waals surface area contributed by atoms with E-state index in [0.29, 0.717) is 30.8 Å².